The zero-order chi connectivity index (χ0) is 14.7. The fourth-order valence-corrected chi connectivity index (χ4v) is 2.45. The van der Waals surface area contributed by atoms with E-state index in [9.17, 15) is 9.90 Å². The van der Waals surface area contributed by atoms with Gasteiger partial charge in [0.2, 0.25) is 5.91 Å². The molecule has 2 aromatic rings. The smallest absolute Gasteiger partial charge is 0.221 e. The van der Waals surface area contributed by atoms with E-state index in [2.05, 4.69) is 10.6 Å². The van der Waals surface area contributed by atoms with Crippen molar-refractivity contribution >= 4 is 16.7 Å². The lowest BCUT2D eigenvalue weighted by atomic mass is 10.0. The molecular weight excluding hydrogens is 264 g/mol. The SMILES string of the molecule is O=C(CCNCc1c(O)ccc2ccccc12)NC1CC1. The molecule has 1 aliphatic rings. The van der Waals surface area contributed by atoms with Crippen molar-refractivity contribution in [2.24, 2.45) is 0 Å². The van der Waals surface area contributed by atoms with Gasteiger partial charge < -0.3 is 15.7 Å². The van der Waals surface area contributed by atoms with Crippen molar-refractivity contribution < 1.29 is 9.90 Å². The fraction of sp³-hybridized carbons (Fsp3) is 0.353. The van der Waals surface area contributed by atoms with Crippen molar-refractivity contribution in [3.05, 3.63) is 42.0 Å². The molecule has 1 aliphatic carbocycles. The number of carbonyl (C=O) groups excluding carboxylic acids is 1. The quantitative estimate of drug-likeness (QED) is 0.713. The predicted octanol–water partition coefficient (Wildman–Crippen LogP) is 2.30. The summed E-state index contributed by atoms with van der Waals surface area (Å²) in [7, 11) is 0. The third-order valence-corrected chi connectivity index (χ3v) is 3.79. The average Bonchev–Trinajstić information content (AvgIpc) is 3.29. The van der Waals surface area contributed by atoms with Crippen molar-refractivity contribution in [1.29, 1.82) is 0 Å². The van der Waals surface area contributed by atoms with Crippen LogP contribution in [-0.2, 0) is 11.3 Å². The maximum absolute atomic E-state index is 11.6. The molecule has 1 amide bonds. The molecule has 0 aromatic heterocycles. The Morgan fingerprint density at radius 3 is 2.81 bits per heavy atom. The van der Waals surface area contributed by atoms with Gasteiger partial charge in [-0.25, -0.2) is 0 Å². The summed E-state index contributed by atoms with van der Waals surface area (Å²) >= 11 is 0. The predicted molar refractivity (Wildman–Crippen MR) is 83.1 cm³/mol. The molecular formula is C17H20N2O2. The Labute approximate surface area is 124 Å². The van der Waals surface area contributed by atoms with E-state index in [1.54, 1.807) is 6.07 Å². The zero-order valence-corrected chi connectivity index (χ0v) is 11.9. The third-order valence-electron chi connectivity index (χ3n) is 3.79. The Kier molecular flexibility index (Phi) is 4.06. The number of benzene rings is 2. The second-order valence-electron chi connectivity index (χ2n) is 5.55. The van der Waals surface area contributed by atoms with E-state index in [0.29, 0.717) is 31.3 Å². The van der Waals surface area contributed by atoms with Crippen LogP contribution in [0.25, 0.3) is 10.8 Å². The highest BCUT2D eigenvalue weighted by atomic mass is 16.3. The Hall–Kier alpha value is -2.07. The van der Waals surface area contributed by atoms with E-state index < -0.39 is 0 Å². The minimum atomic E-state index is 0.104. The van der Waals surface area contributed by atoms with Crippen molar-refractivity contribution in [1.82, 2.24) is 10.6 Å². The fourth-order valence-electron chi connectivity index (χ4n) is 2.45. The number of hydrogen-bond acceptors (Lipinski definition) is 3. The van der Waals surface area contributed by atoms with Gasteiger partial charge >= 0.3 is 0 Å². The monoisotopic (exact) mass is 284 g/mol. The highest BCUT2D eigenvalue weighted by molar-refractivity contribution is 5.87. The first-order valence-electron chi connectivity index (χ1n) is 7.44. The molecule has 0 radical (unpaired) electrons. The maximum Gasteiger partial charge on any atom is 0.221 e. The highest BCUT2D eigenvalue weighted by Gasteiger charge is 2.22. The van der Waals surface area contributed by atoms with E-state index >= 15 is 0 Å². The van der Waals surface area contributed by atoms with Gasteiger partial charge in [0.25, 0.3) is 0 Å². The Morgan fingerprint density at radius 2 is 2.00 bits per heavy atom. The number of rotatable bonds is 6. The van der Waals surface area contributed by atoms with Crippen LogP contribution in [0.15, 0.2) is 36.4 Å². The Balaban J connectivity index is 1.57. The molecule has 4 heteroatoms. The number of phenols is 1. The molecule has 3 rings (SSSR count). The van der Waals surface area contributed by atoms with Gasteiger partial charge in [-0.3, -0.25) is 4.79 Å². The first-order chi connectivity index (χ1) is 10.2. The Morgan fingerprint density at radius 1 is 1.19 bits per heavy atom. The maximum atomic E-state index is 11.6. The number of fused-ring (bicyclic) bond motifs is 1. The van der Waals surface area contributed by atoms with Crippen LogP contribution >= 0.6 is 0 Å². The number of amides is 1. The van der Waals surface area contributed by atoms with Crippen LogP contribution in [0, 0.1) is 0 Å². The summed E-state index contributed by atoms with van der Waals surface area (Å²) in [5.41, 5.74) is 0.885. The van der Waals surface area contributed by atoms with Crippen molar-refractivity contribution in [2.75, 3.05) is 6.54 Å². The first kappa shape index (κ1) is 13.9. The van der Waals surface area contributed by atoms with Crippen molar-refractivity contribution in [3.63, 3.8) is 0 Å². The molecule has 2 aromatic carbocycles. The van der Waals surface area contributed by atoms with E-state index in [-0.39, 0.29) is 5.91 Å². The topological polar surface area (TPSA) is 61.4 Å². The summed E-state index contributed by atoms with van der Waals surface area (Å²) < 4.78 is 0. The van der Waals surface area contributed by atoms with E-state index in [1.807, 2.05) is 30.3 Å². The minimum Gasteiger partial charge on any atom is -0.508 e. The Bertz CT molecular complexity index is 650. The highest BCUT2D eigenvalue weighted by Crippen LogP contribution is 2.26. The van der Waals surface area contributed by atoms with Gasteiger partial charge in [-0.05, 0) is 29.7 Å². The van der Waals surface area contributed by atoms with Crippen molar-refractivity contribution in [2.45, 2.75) is 31.8 Å². The van der Waals surface area contributed by atoms with Crippen LogP contribution in [0.4, 0.5) is 0 Å². The molecule has 21 heavy (non-hydrogen) atoms. The average molecular weight is 284 g/mol. The molecule has 0 heterocycles. The van der Waals surface area contributed by atoms with Gasteiger partial charge in [0.15, 0.2) is 0 Å². The molecule has 0 bridgehead atoms. The zero-order valence-electron chi connectivity index (χ0n) is 11.9. The number of carbonyl (C=O) groups is 1. The van der Waals surface area contributed by atoms with Crippen LogP contribution in [0.1, 0.15) is 24.8 Å². The van der Waals surface area contributed by atoms with Crippen molar-refractivity contribution in [3.8, 4) is 5.75 Å². The third kappa shape index (κ3) is 3.52. The first-order valence-corrected chi connectivity index (χ1v) is 7.44. The van der Waals surface area contributed by atoms with Crippen LogP contribution in [0.3, 0.4) is 0 Å². The largest absolute Gasteiger partial charge is 0.508 e. The molecule has 1 fully saturated rings. The van der Waals surface area contributed by atoms with Gasteiger partial charge in [-0.15, -0.1) is 0 Å². The lowest BCUT2D eigenvalue weighted by Gasteiger charge is -2.10. The summed E-state index contributed by atoms with van der Waals surface area (Å²) in [6, 6.07) is 12.0. The minimum absolute atomic E-state index is 0.104. The summed E-state index contributed by atoms with van der Waals surface area (Å²) in [6.07, 6.45) is 2.70. The molecule has 0 aliphatic heterocycles. The molecule has 4 nitrogen and oxygen atoms in total. The summed E-state index contributed by atoms with van der Waals surface area (Å²) in [5, 5.41) is 18.4. The van der Waals surface area contributed by atoms with Crippen LogP contribution < -0.4 is 10.6 Å². The number of aromatic hydroxyl groups is 1. The molecule has 110 valence electrons. The summed E-state index contributed by atoms with van der Waals surface area (Å²) in [6.45, 7) is 1.17. The normalized spacial score (nSPS) is 14.3. The van der Waals surface area contributed by atoms with Gasteiger partial charge in [0, 0.05) is 31.1 Å². The summed E-state index contributed by atoms with van der Waals surface area (Å²) in [4.78, 5) is 11.6. The van der Waals surface area contributed by atoms with Gasteiger partial charge in [0.1, 0.15) is 5.75 Å². The van der Waals surface area contributed by atoms with Crippen LogP contribution in [0.5, 0.6) is 5.75 Å². The van der Waals surface area contributed by atoms with Gasteiger partial charge in [-0.2, -0.15) is 0 Å². The van der Waals surface area contributed by atoms with Gasteiger partial charge in [0.05, 0.1) is 0 Å². The van der Waals surface area contributed by atoms with Crippen LogP contribution in [-0.4, -0.2) is 23.6 Å². The number of hydrogen-bond donors (Lipinski definition) is 3. The van der Waals surface area contributed by atoms with E-state index in [4.69, 9.17) is 0 Å². The summed E-state index contributed by atoms with van der Waals surface area (Å²) in [5.74, 6) is 0.399. The lowest BCUT2D eigenvalue weighted by Crippen LogP contribution is -2.29. The lowest BCUT2D eigenvalue weighted by molar-refractivity contribution is -0.121. The molecule has 0 spiro atoms. The molecule has 0 saturated heterocycles. The molecule has 0 unspecified atom stereocenters. The standard InChI is InChI=1S/C17H20N2O2/c20-16-8-5-12-3-1-2-4-14(12)15(16)11-18-10-9-17(21)19-13-6-7-13/h1-5,8,13,18,20H,6-7,9-11H2,(H,19,21). The number of nitrogens with one attached hydrogen (secondary N) is 2. The van der Waals surface area contributed by atoms with Crippen LogP contribution in [0.2, 0.25) is 0 Å². The second kappa shape index (κ2) is 6.14. The number of phenolic OH excluding ortho intramolecular Hbond substituents is 1. The molecule has 0 atom stereocenters. The molecule has 1 saturated carbocycles. The van der Waals surface area contributed by atoms with E-state index in [1.165, 1.54) is 0 Å². The van der Waals surface area contributed by atoms with E-state index in [0.717, 1.165) is 29.2 Å². The second-order valence-corrected chi connectivity index (χ2v) is 5.55. The molecule has 3 N–H and O–H groups in total. The van der Waals surface area contributed by atoms with Gasteiger partial charge in [-0.1, -0.05) is 30.3 Å².